The lowest BCUT2D eigenvalue weighted by Gasteiger charge is -2.12. The van der Waals surface area contributed by atoms with E-state index < -0.39 is 18.5 Å². The zero-order valence-electron chi connectivity index (χ0n) is 14.7. The van der Waals surface area contributed by atoms with Crippen molar-refractivity contribution in [1.82, 2.24) is 9.97 Å². The van der Waals surface area contributed by atoms with E-state index in [1.807, 2.05) is 0 Å². The minimum atomic E-state index is -0.657. The molecule has 0 unspecified atom stereocenters. The summed E-state index contributed by atoms with van der Waals surface area (Å²) in [6.07, 6.45) is 3.02. The molecule has 8 heteroatoms. The minimum absolute atomic E-state index is 0.244. The van der Waals surface area contributed by atoms with Gasteiger partial charge in [0.1, 0.15) is 11.3 Å². The number of esters is 1. The average Bonchev–Trinajstić information content (AvgIpc) is 2.68. The number of anilines is 1. The standard InChI is InChI=1S/C19H16ClN3O4/c1-11-8-15(16(26-2)9-13(11)20)23-17(24)10-27-19(25)12-4-3-5-14-18(12)22-7-6-21-14/h3-9H,10H2,1-2H3,(H,23,24). The smallest absolute Gasteiger partial charge is 0.340 e. The summed E-state index contributed by atoms with van der Waals surface area (Å²) >= 11 is 6.05. The second-order valence-corrected chi connectivity index (χ2v) is 6.06. The van der Waals surface area contributed by atoms with E-state index >= 15 is 0 Å². The third-order valence-corrected chi connectivity index (χ3v) is 4.21. The van der Waals surface area contributed by atoms with E-state index in [2.05, 4.69) is 15.3 Å². The zero-order valence-corrected chi connectivity index (χ0v) is 15.4. The number of benzene rings is 2. The number of rotatable bonds is 5. The molecule has 3 aromatic rings. The predicted octanol–water partition coefficient (Wildman–Crippen LogP) is 3.40. The SMILES string of the molecule is COc1cc(Cl)c(C)cc1NC(=O)COC(=O)c1cccc2nccnc12. The van der Waals surface area contributed by atoms with Crippen LogP contribution in [0.3, 0.4) is 0 Å². The summed E-state index contributed by atoms with van der Waals surface area (Å²) in [6, 6.07) is 8.27. The number of aryl methyl sites for hydroxylation is 1. The fourth-order valence-electron chi connectivity index (χ4n) is 2.48. The van der Waals surface area contributed by atoms with Gasteiger partial charge >= 0.3 is 5.97 Å². The van der Waals surface area contributed by atoms with Crippen molar-refractivity contribution in [3.8, 4) is 5.75 Å². The van der Waals surface area contributed by atoms with Crippen LogP contribution in [0.1, 0.15) is 15.9 Å². The highest BCUT2D eigenvalue weighted by Crippen LogP contribution is 2.30. The van der Waals surface area contributed by atoms with Crippen LogP contribution >= 0.6 is 11.6 Å². The molecule has 1 heterocycles. The number of carbonyl (C=O) groups excluding carboxylic acids is 2. The van der Waals surface area contributed by atoms with Gasteiger partial charge in [-0.1, -0.05) is 17.7 Å². The molecule has 0 bridgehead atoms. The van der Waals surface area contributed by atoms with E-state index in [0.717, 1.165) is 5.56 Å². The van der Waals surface area contributed by atoms with E-state index in [-0.39, 0.29) is 5.56 Å². The molecule has 0 saturated heterocycles. The van der Waals surface area contributed by atoms with Gasteiger partial charge in [-0.15, -0.1) is 0 Å². The van der Waals surface area contributed by atoms with Crippen LogP contribution < -0.4 is 10.1 Å². The molecule has 0 fully saturated rings. The maximum Gasteiger partial charge on any atom is 0.340 e. The molecule has 0 saturated carbocycles. The topological polar surface area (TPSA) is 90.4 Å². The summed E-state index contributed by atoms with van der Waals surface area (Å²) in [5.74, 6) is -0.750. The number of halogens is 1. The van der Waals surface area contributed by atoms with E-state index in [1.54, 1.807) is 37.3 Å². The molecule has 7 nitrogen and oxygen atoms in total. The number of ether oxygens (including phenoxy) is 2. The largest absolute Gasteiger partial charge is 0.495 e. The Labute approximate surface area is 160 Å². The van der Waals surface area contributed by atoms with Gasteiger partial charge in [-0.2, -0.15) is 0 Å². The Kier molecular flexibility index (Phi) is 5.52. The van der Waals surface area contributed by atoms with Crippen LogP contribution in [0, 0.1) is 6.92 Å². The predicted molar refractivity (Wildman–Crippen MR) is 101 cm³/mol. The maximum absolute atomic E-state index is 12.3. The molecule has 2 aromatic carbocycles. The number of para-hydroxylation sites is 1. The Balaban J connectivity index is 1.69. The Hall–Kier alpha value is -3.19. The van der Waals surface area contributed by atoms with Crippen molar-refractivity contribution in [3.05, 3.63) is 58.9 Å². The molecule has 0 radical (unpaired) electrons. The fourth-order valence-corrected chi connectivity index (χ4v) is 2.64. The van der Waals surface area contributed by atoms with Crippen molar-refractivity contribution in [2.45, 2.75) is 6.92 Å². The van der Waals surface area contributed by atoms with Gasteiger partial charge in [0.2, 0.25) is 0 Å². The molecule has 0 aliphatic carbocycles. The highest BCUT2D eigenvalue weighted by atomic mass is 35.5. The van der Waals surface area contributed by atoms with Crippen molar-refractivity contribution < 1.29 is 19.1 Å². The summed E-state index contributed by atoms with van der Waals surface area (Å²) in [5.41, 5.74) is 2.45. The molecule has 1 aromatic heterocycles. The molecular weight excluding hydrogens is 370 g/mol. The molecule has 1 amide bonds. The van der Waals surface area contributed by atoms with Gasteiger partial charge < -0.3 is 14.8 Å². The first-order chi connectivity index (χ1) is 13.0. The van der Waals surface area contributed by atoms with Crippen molar-refractivity contribution in [2.75, 3.05) is 19.0 Å². The lowest BCUT2D eigenvalue weighted by molar-refractivity contribution is -0.119. The monoisotopic (exact) mass is 385 g/mol. The van der Waals surface area contributed by atoms with Crippen molar-refractivity contribution >= 4 is 40.2 Å². The van der Waals surface area contributed by atoms with Gasteiger partial charge in [0.25, 0.3) is 5.91 Å². The van der Waals surface area contributed by atoms with Crippen LogP contribution in [0.15, 0.2) is 42.7 Å². The number of aromatic nitrogens is 2. The second-order valence-electron chi connectivity index (χ2n) is 5.66. The molecule has 0 spiro atoms. The number of fused-ring (bicyclic) bond motifs is 1. The molecule has 138 valence electrons. The Morgan fingerprint density at radius 2 is 1.96 bits per heavy atom. The van der Waals surface area contributed by atoms with Crippen LogP contribution in [-0.4, -0.2) is 35.6 Å². The molecule has 0 aliphatic rings. The number of methoxy groups -OCH3 is 1. The van der Waals surface area contributed by atoms with Gasteiger partial charge in [0.05, 0.1) is 23.9 Å². The van der Waals surface area contributed by atoms with Crippen molar-refractivity contribution in [2.24, 2.45) is 0 Å². The first kappa shape index (κ1) is 18.6. The van der Waals surface area contributed by atoms with Crippen molar-refractivity contribution in [3.63, 3.8) is 0 Å². The van der Waals surface area contributed by atoms with Gasteiger partial charge in [-0.25, -0.2) is 4.79 Å². The van der Waals surface area contributed by atoms with Crippen LogP contribution in [0.5, 0.6) is 5.75 Å². The number of hydrogen-bond donors (Lipinski definition) is 1. The zero-order chi connectivity index (χ0) is 19.4. The van der Waals surface area contributed by atoms with Crippen LogP contribution in [0.25, 0.3) is 11.0 Å². The van der Waals surface area contributed by atoms with Gasteiger partial charge in [-0.3, -0.25) is 14.8 Å². The third-order valence-electron chi connectivity index (χ3n) is 3.81. The van der Waals surface area contributed by atoms with E-state index in [1.165, 1.54) is 19.5 Å². The highest BCUT2D eigenvalue weighted by molar-refractivity contribution is 6.31. The molecule has 27 heavy (non-hydrogen) atoms. The highest BCUT2D eigenvalue weighted by Gasteiger charge is 2.16. The number of carbonyl (C=O) groups is 2. The molecule has 0 aliphatic heterocycles. The van der Waals surface area contributed by atoms with E-state index in [0.29, 0.717) is 27.5 Å². The van der Waals surface area contributed by atoms with Crippen LogP contribution in [-0.2, 0) is 9.53 Å². The number of nitrogens with one attached hydrogen (secondary N) is 1. The Morgan fingerprint density at radius 3 is 2.74 bits per heavy atom. The van der Waals surface area contributed by atoms with Crippen LogP contribution in [0.4, 0.5) is 5.69 Å². The van der Waals surface area contributed by atoms with E-state index in [9.17, 15) is 9.59 Å². The molecular formula is C19H16ClN3O4. The van der Waals surface area contributed by atoms with Crippen LogP contribution in [0.2, 0.25) is 5.02 Å². The molecule has 1 N–H and O–H groups in total. The Bertz CT molecular complexity index is 1020. The first-order valence-electron chi connectivity index (χ1n) is 8.00. The Morgan fingerprint density at radius 1 is 1.19 bits per heavy atom. The van der Waals surface area contributed by atoms with Gasteiger partial charge in [0.15, 0.2) is 6.61 Å². The minimum Gasteiger partial charge on any atom is -0.495 e. The number of hydrogen-bond acceptors (Lipinski definition) is 6. The summed E-state index contributed by atoms with van der Waals surface area (Å²) < 4.78 is 10.3. The van der Waals surface area contributed by atoms with Gasteiger partial charge in [-0.05, 0) is 30.7 Å². The van der Waals surface area contributed by atoms with E-state index in [4.69, 9.17) is 21.1 Å². The summed E-state index contributed by atoms with van der Waals surface area (Å²) in [5, 5.41) is 3.17. The molecule has 3 rings (SSSR count). The molecule has 0 atom stereocenters. The summed E-state index contributed by atoms with van der Waals surface area (Å²) in [6.45, 7) is 1.35. The van der Waals surface area contributed by atoms with Crippen molar-refractivity contribution in [1.29, 1.82) is 0 Å². The first-order valence-corrected chi connectivity index (χ1v) is 8.38. The maximum atomic E-state index is 12.3. The fraction of sp³-hybridized carbons (Fsp3) is 0.158. The lowest BCUT2D eigenvalue weighted by Crippen LogP contribution is -2.21. The van der Waals surface area contributed by atoms with Gasteiger partial charge in [0, 0.05) is 23.5 Å². The normalized spacial score (nSPS) is 10.5. The second kappa shape index (κ2) is 8.01. The quantitative estimate of drug-likeness (QED) is 0.677. The lowest BCUT2D eigenvalue weighted by atomic mass is 10.2. The summed E-state index contributed by atoms with van der Waals surface area (Å²) in [7, 11) is 1.47. The third kappa shape index (κ3) is 4.15. The average molecular weight is 386 g/mol. The number of nitrogens with zero attached hydrogens (tertiary/aromatic N) is 2. The number of amides is 1. The summed E-state index contributed by atoms with van der Waals surface area (Å²) in [4.78, 5) is 32.8.